The summed E-state index contributed by atoms with van der Waals surface area (Å²) in [6, 6.07) is 14.5. The van der Waals surface area contributed by atoms with Gasteiger partial charge in [-0.3, -0.25) is 14.6 Å². The number of nitrogens with zero attached hydrogens (tertiary/aromatic N) is 2. The predicted molar refractivity (Wildman–Crippen MR) is 112 cm³/mol. The quantitative estimate of drug-likeness (QED) is 0.743. The van der Waals surface area contributed by atoms with E-state index in [0.29, 0.717) is 25.1 Å². The fourth-order valence-electron chi connectivity index (χ4n) is 3.27. The number of hydrogen-bond donors (Lipinski definition) is 1. The van der Waals surface area contributed by atoms with Crippen LogP contribution in [-0.2, 0) is 16.0 Å². The lowest BCUT2D eigenvalue weighted by atomic mass is 10.1. The molecule has 1 amide bonds. The van der Waals surface area contributed by atoms with Gasteiger partial charge in [-0.2, -0.15) is 5.10 Å². The summed E-state index contributed by atoms with van der Waals surface area (Å²) in [5, 5.41) is 8.94. The average molecular weight is 395 g/mol. The molecule has 1 aliphatic heterocycles. The van der Waals surface area contributed by atoms with E-state index >= 15 is 0 Å². The highest BCUT2D eigenvalue weighted by Crippen LogP contribution is 2.26. The highest BCUT2D eigenvalue weighted by atomic mass is 16.5. The minimum absolute atomic E-state index is 0.0264. The Kier molecular flexibility index (Phi) is 6.49. The van der Waals surface area contributed by atoms with Crippen LogP contribution in [0.25, 0.3) is 0 Å². The molecule has 0 fully saturated rings. The van der Waals surface area contributed by atoms with Crippen molar-refractivity contribution in [2.24, 2.45) is 5.10 Å². The number of carbonyl (C=O) groups is 2. The van der Waals surface area contributed by atoms with Crippen molar-refractivity contribution in [3.05, 3.63) is 54.1 Å². The highest BCUT2D eigenvalue weighted by molar-refractivity contribution is 6.40. The topological polar surface area (TPSA) is 80.2 Å². The first-order chi connectivity index (χ1) is 14.0. The van der Waals surface area contributed by atoms with Crippen molar-refractivity contribution in [1.29, 1.82) is 0 Å². The Labute approximate surface area is 170 Å². The Morgan fingerprint density at radius 1 is 1.14 bits per heavy atom. The molecule has 1 aliphatic rings. The number of ketones is 1. The number of ether oxygens (including phenoxy) is 2. The molecule has 0 aliphatic carbocycles. The molecular weight excluding hydrogens is 370 g/mol. The van der Waals surface area contributed by atoms with Gasteiger partial charge in [0, 0.05) is 13.0 Å². The molecule has 0 saturated carbocycles. The molecule has 0 aromatic heterocycles. The molecule has 152 valence electrons. The summed E-state index contributed by atoms with van der Waals surface area (Å²) in [5.74, 6) is 1.18. The molecule has 29 heavy (non-hydrogen) atoms. The van der Waals surface area contributed by atoms with Crippen LogP contribution in [0.15, 0.2) is 53.6 Å². The van der Waals surface area contributed by atoms with Gasteiger partial charge in [0.25, 0.3) is 5.91 Å². The van der Waals surface area contributed by atoms with E-state index in [9.17, 15) is 9.59 Å². The van der Waals surface area contributed by atoms with Gasteiger partial charge in [-0.15, -0.1) is 0 Å². The Bertz CT molecular complexity index is 912. The van der Waals surface area contributed by atoms with Crippen molar-refractivity contribution in [3.63, 3.8) is 0 Å². The maximum Gasteiger partial charge on any atom is 0.267 e. The van der Waals surface area contributed by atoms with E-state index in [1.807, 2.05) is 48.5 Å². The largest absolute Gasteiger partial charge is 0.497 e. The first-order valence-corrected chi connectivity index (χ1v) is 9.44. The smallest absolute Gasteiger partial charge is 0.267 e. The van der Waals surface area contributed by atoms with Crippen molar-refractivity contribution in [2.75, 3.05) is 25.8 Å². The molecule has 2 aromatic rings. The molecule has 1 atom stereocenters. The minimum atomic E-state index is -0.461. The minimum Gasteiger partial charge on any atom is -0.497 e. The average Bonchev–Trinajstić information content (AvgIpc) is 3.20. The fraction of sp³-hybridized carbons (Fsp3) is 0.318. The highest BCUT2D eigenvalue weighted by Gasteiger charge is 2.33. The molecule has 2 aromatic carbocycles. The number of hydrazone groups is 1. The fourth-order valence-corrected chi connectivity index (χ4v) is 3.27. The van der Waals surface area contributed by atoms with E-state index in [-0.39, 0.29) is 11.7 Å². The number of methoxy groups -OCH3 is 2. The normalized spacial score (nSPS) is 15.6. The zero-order valence-corrected chi connectivity index (χ0v) is 16.8. The maximum absolute atomic E-state index is 12.6. The number of rotatable bonds is 8. The van der Waals surface area contributed by atoms with Crippen LogP contribution in [-0.4, -0.2) is 44.2 Å². The molecule has 1 N–H and O–H groups in total. The number of benzene rings is 2. The zero-order chi connectivity index (χ0) is 20.8. The number of Topliss-reactive ketones (excluding diaryl/α,β-unsaturated/α-hetero) is 1. The summed E-state index contributed by atoms with van der Waals surface area (Å²) >= 11 is 0. The van der Waals surface area contributed by atoms with E-state index < -0.39 is 6.04 Å². The van der Waals surface area contributed by atoms with E-state index in [4.69, 9.17) is 9.47 Å². The third-order valence-corrected chi connectivity index (χ3v) is 4.83. The summed E-state index contributed by atoms with van der Waals surface area (Å²) in [7, 11) is 3.22. The van der Waals surface area contributed by atoms with E-state index in [0.717, 1.165) is 22.7 Å². The molecule has 0 spiro atoms. The first kappa shape index (κ1) is 20.4. The van der Waals surface area contributed by atoms with E-state index in [2.05, 4.69) is 10.4 Å². The Balaban J connectivity index is 1.66. The van der Waals surface area contributed by atoms with Crippen molar-refractivity contribution in [3.8, 4) is 11.5 Å². The number of anilines is 1. The summed E-state index contributed by atoms with van der Waals surface area (Å²) < 4.78 is 10.6. The molecule has 7 nitrogen and oxygen atoms in total. The molecule has 0 bridgehead atoms. The van der Waals surface area contributed by atoms with Gasteiger partial charge >= 0.3 is 0 Å². The third-order valence-electron chi connectivity index (χ3n) is 4.83. The van der Waals surface area contributed by atoms with Crippen LogP contribution in [0.5, 0.6) is 11.5 Å². The standard InChI is InChI=1S/C22H25N3O4/c1-15(26)20-14-19(24-25(20)17-7-5-4-6-8-17)22(27)23-12-11-16-13-18(28-2)9-10-21(16)29-3/h4-10,13,20H,11-12,14H2,1-3H3,(H,23,27). The van der Waals surface area contributed by atoms with E-state index in [1.54, 1.807) is 19.2 Å². The number of nitrogens with one attached hydrogen (secondary N) is 1. The SMILES string of the molecule is COc1ccc(OC)c(CCNC(=O)C2=NN(c3ccccc3)C(C(C)=O)C2)c1. The molecular formula is C22H25N3O4. The molecule has 3 rings (SSSR count). The van der Waals surface area contributed by atoms with Gasteiger partial charge in [-0.1, -0.05) is 18.2 Å². The van der Waals surface area contributed by atoms with Gasteiger partial charge in [0.1, 0.15) is 23.3 Å². The van der Waals surface area contributed by atoms with Crippen LogP contribution in [0.3, 0.4) is 0 Å². The van der Waals surface area contributed by atoms with Crippen molar-refractivity contribution >= 4 is 23.1 Å². The van der Waals surface area contributed by atoms with Crippen LogP contribution in [0.1, 0.15) is 18.9 Å². The van der Waals surface area contributed by atoms with Crippen molar-refractivity contribution < 1.29 is 19.1 Å². The molecule has 0 saturated heterocycles. The second-order valence-corrected chi connectivity index (χ2v) is 6.74. The molecule has 0 radical (unpaired) electrons. The summed E-state index contributed by atoms with van der Waals surface area (Å²) in [4.78, 5) is 24.7. The van der Waals surface area contributed by atoms with Gasteiger partial charge in [0.15, 0.2) is 5.78 Å². The molecule has 1 heterocycles. The summed E-state index contributed by atoms with van der Waals surface area (Å²) in [6.07, 6.45) is 0.871. The number of para-hydroxylation sites is 1. The Morgan fingerprint density at radius 2 is 1.90 bits per heavy atom. The van der Waals surface area contributed by atoms with Crippen LogP contribution in [0, 0.1) is 0 Å². The monoisotopic (exact) mass is 395 g/mol. The van der Waals surface area contributed by atoms with Crippen LogP contribution < -0.4 is 19.8 Å². The third kappa shape index (κ3) is 4.74. The lowest BCUT2D eigenvalue weighted by molar-refractivity contribution is -0.118. The van der Waals surface area contributed by atoms with Gasteiger partial charge in [-0.05, 0) is 49.2 Å². The van der Waals surface area contributed by atoms with Crippen LogP contribution in [0.2, 0.25) is 0 Å². The number of amides is 1. The van der Waals surface area contributed by atoms with Crippen molar-refractivity contribution in [2.45, 2.75) is 25.8 Å². The van der Waals surface area contributed by atoms with Gasteiger partial charge in [0.2, 0.25) is 0 Å². The predicted octanol–water partition coefficient (Wildman–Crippen LogP) is 2.59. The Hall–Kier alpha value is -3.35. The molecule has 7 heteroatoms. The second kappa shape index (κ2) is 9.23. The number of hydrogen-bond acceptors (Lipinski definition) is 6. The molecule has 1 unspecified atom stereocenters. The van der Waals surface area contributed by atoms with Gasteiger partial charge in [0.05, 0.1) is 19.9 Å². The van der Waals surface area contributed by atoms with Gasteiger partial charge in [-0.25, -0.2) is 0 Å². The first-order valence-electron chi connectivity index (χ1n) is 9.44. The van der Waals surface area contributed by atoms with E-state index in [1.165, 1.54) is 6.92 Å². The zero-order valence-electron chi connectivity index (χ0n) is 16.8. The summed E-state index contributed by atoms with van der Waals surface area (Å²) in [5.41, 5.74) is 2.08. The lowest BCUT2D eigenvalue weighted by Gasteiger charge is -2.20. The second-order valence-electron chi connectivity index (χ2n) is 6.74. The van der Waals surface area contributed by atoms with Crippen molar-refractivity contribution in [1.82, 2.24) is 5.32 Å². The summed E-state index contributed by atoms with van der Waals surface area (Å²) in [6.45, 7) is 1.93. The Morgan fingerprint density at radius 3 is 2.55 bits per heavy atom. The number of carbonyl (C=O) groups excluding carboxylic acids is 2. The van der Waals surface area contributed by atoms with Crippen LogP contribution in [0.4, 0.5) is 5.69 Å². The van der Waals surface area contributed by atoms with Crippen LogP contribution >= 0.6 is 0 Å². The lowest BCUT2D eigenvalue weighted by Crippen LogP contribution is -2.34. The maximum atomic E-state index is 12.6. The van der Waals surface area contributed by atoms with Gasteiger partial charge < -0.3 is 14.8 Å².